The van der Waals surface area contributed by atoms with Crippen LogP contribution >= 0.6 is 0 Å². The molecule has 1 aromatic heterocycles. The third kappa shape index (κ3) is 4.68. The molecule has 3 rings (SSSR count). The van der Waals surface area contributed by atoms with Crippen LogP contribution in [0.15, 0.2) is 48.7 Å². The smallest absolute Gasteiger partial charge is 0.341 e. The van der Waals surface area contributed by atoms with Crippen molar-refractivity contribution in [1.29, 1.82) is 0 Å². The number of ether oxygens (including phenoxy) is 2. The standard InChI is InChI=1S/C22H21FN2O4/c1-4-28-22(27)18-12-24-19-10-5-14(21(26)29-13(2)3)11-17(19)20(18)25-16-8-6-15(23)7-9-16/h5-13H,4H2,1-3H3,(H,24,25). The maximum absolute atomic E-state index is 13.3. The predicted octanol–water partition coefficient (Wildman–Crippen LogP) is 4.86. The zero-order chi connectivity index (χ0) is 21.0. The van der Waals surface area contributed by atoms with Gasteiger partial charge in [0.05, 0.1) is 29.5 Å². The summed E-state index contributed by atoms with van der Waals surface area (Å²) in [7, 11) is 0. The predicted molar refractivity (Wildman–Crippen MR) is 108 cm³/mol. The van der Waals surface area contributed by atoms with Crippen molar-refractivity contribution in [2.45, 2.75) is 26.9 Å². The van der Waals surface area contributed by atoms with Crippen molar-refractivity contribution in [3.05, 3.63) is 65.6 Å². The minimum atomic E-state index is -0.554. The highest BCUT2D eigenvalue weighted by atomic mass is 19.1. The van der Waals surface area contributed by atoms with E-state index < -0.39 is 11.9 Å². The molecule has 0 atom stereocenters. The lowest BCUT2D eigenvalue weighted by atomic mass is 10.1. The van der Waals surface area contributed by atoms with E-state index in [9.17, 15) is 14.0 Å². The van der Waals surface area contributed by atoms with Crippen molar-refractivity contribution in [2.75, 3.05) is 11.9 Å². The van der Waals surface area contributed by atoms with Gasteiger partial charge in [-0.15, -0.1) is 0 Å². The molecule has 0 unspecified atom stereocenters. The van der Waals surface area contributed by atoms with Gasteiger partial charge < -0.3 is 14.8 Å². The van der Waals surface area contributed by atoms with Crippen LogP contribution in [-0.4, -0.2) is 29.6 Å². The molecule has 29 heavy (non-hydrogen) atoms. The molecule has 6 nitrogen and oxygen atoms in total. The second kappa shape index (κ2) is 8.68. The largest absolute Gasteiger partial charge is 0.462 e. The van der Waals surface area contributed by atoms with Crippen molar-refractivity contribution >= 4 is 34.2 Å². The van der Waals surface area contributed by atoms with Crippen LogP contribution in [0.5, 0.6) is 0 Å². The number of aromatic nitrogens is 1. The van der Waals surface area contributed by atoms with Crippen LogP contribution in [0.2, 0.25) is 0 Å². The lowest BCUT2D eigenvalue weighted by molar-refractivity contribution is 0.0377. The number of nitrogens with one attached hydrogen (secondary N) is 1. The van der Waals surface area contributed by atoms with Crippen molar-refractivity contribution in [3.8, 4) is 0 Å². The molecule has 0 saturated carbocycles. The number of hydrogen-bond donors (Lipinski definition) is 1. The van der Waals surface area contributed by atoms with Crippen LogP contribution in [0.3, 0.4) is 0 Å². The van der Waals surface area contributed by atoms with E-state index in [4.69, 9.17) is 9.47 Å². The van der Waals surface area contributed by atoms with Gasteiger partial charge in [-0.3, -0.25) is 4.98 Å². The van der Waals surface area contributed by atoms with Crippen molar-refractivity contribution < 1.29 is 23.5 Å². The maximum atomic E-state index is 13.3. The topological polar surface area (TPSA) is 77.5 Å². The summed E-state index contributed by atoms with van der Waals surface area (Å²) in [5.41, 5.74) is 2.09. The first-order valence-electron chi connectivity index (χ1n) is 9.22. The first-order valence-corrected chi connectivity index (χ1v) is 9.22. The first-order chi connectivity index (χ1) is 13.9. The fourth-order valence-corrected chi connectivity index (χ4v) is 2.78. The number of esters is 2. The van der Waals surface area contributed by atoms with E-state index >= 15 is 0 Å². The molecule has 1 heterocycles. The lowest BCUT2D eigenvalue weighted by Crippen LogP contribution is -2.12. The number of pyridine rings is 1. The zero-order valence-corrected chi connectivity index (χ0v) is 16.4. The Morgan fingerprint density at radius 3 is 2.48 bits per heavy atom. The van der Waals surface area contributed by atoms with Gasteiger partial charge >= 0.3 is 11.9 Å². The van der Waals surface area contributed by atoms with Gasteiger partial charge in [-0.2, -0.15) is 0 Å². The average molecular weight is 396 g/mol. The fraction of sp³-hybridized carbons (Fsp3) is 0.227. The summed E-state index contributed by atoms with van der Waals surface area (Å²) in [6.07, 6.45) is 1.15. The highest BCUT2D eigenvalue weighted by Crippen LogP contribution is 2.31. The molecule has 0 spiro atoms. The normalized spacial score (nSPS) is 10.8. The van der Waals surface area contributed by atoms with E-state index in [0.29, 0.717) is 27.8 Å². The van der Waals surface area contributed by atoms with Crippen LogP contribution in [0, 0.1) is 5.82 Å². The van der Waals surface area contributed by atoms with Crippen LogP contribution in [0.25, 0.3) is 10.9 Å². The van der Waals surface area contributed by atoms with Gasteiger partial charge in [0.25, 0.3) is 0 Å². The molecule has 150 valence electrons. The summed E-state index contributed by atoms with van der Waals surface area (Å²) in [4.78, 5) is 29.1. The highest BCUT2D eigenvalue weighted by Gasteiger charge is 2.19. The van der Waals surface area contributed by atoms with Crippen LogP contribution in [-0.2, 0) is 9.47 Å². The number of hydrogen-bond acceptors (Lipinski definition) is 6. The Morgan fingerprint density at radius 2 is 1.83 bits per heavy atom. The summed E-state index contributed by atoms with van der Waals surface area (Å²) >= 11 is 0. The molecule has 0 aliphatic rings. The molecular weight excluding hydrogens is 375 g/mol. The molecule has 2 aromatic carbocycles. The second-order valence-electron chi connectivity index (χ2n) is 6.59. The maximum Gasteiger partial charge on any atom is 0.341 e. The third-order valence-corrected chi connectivity index (χ3v) is 4.06. The van der Waals surface area contributed by atoms with E-state index in [1.807, 2.05) is 0 Å². The minimum Gasteiger partial charge on any atom is -0.462 e. The van der Waals surface area contributed by atoms with E-state index in [1.54, 1.807) is 51.1 Å². The number of rotatable bonds is 6. The Bertz CT molecular complexity index is 1050. The Morgan fingerprint density at radius 1 is 1.10 bits per heavy atom. The quantitative estimate of drug-likeness (QED) is 0.600. The average Bonchev–Trinajstić information content (AvgIpc) is 2.69. The molecule has 1 N–H and O–H groups in total. The molecule has 0 radical (unpaired) electrons. The summed E-state index contributed by atoms with van der Waals surface area (Å²) in [5.74, 6) is -1.41. The number of carbonyl (C=O) groups excluding carboxylic acids is 2. The molecule has 0 aliphatic heterocycles. The summed E-state index contributed by atoms with van der Waals surface area (Å²) in [6.45, 7) is 5.44. The number of halogens is 1. The first kappa shape index (κ1) is 20.3. The number of nitrogens with zero attached hydrogens (tertiary/aromatic N) is 1. The van der Waals surface area contributed by atoms with E-state index in [-0.39, 0.29) is 24.1 Å². The van der Waals surface area contributed by atoms with Crippen molar-refractivity contribution in [3.63, 3.8) is 0 Å². The molecule has 0 saturated heterocycles. The number of anilines is 2. The lowest BCUT2D eigenvalue weighted by Gasteiger charge is -2.15. The van der Waals surface area contributed by atoms with E-state index in [2.05, 4.69) is 10.3 Å². The van der Waals surface area contributed by atoms with Crippen LogP contribution < -0.4 is 5.32 Å². The van der Waals surface area contributed by atoms with Gasteiger partial charge in [0.2, 0.25) is 0 Å². The van der Waals surface area contributed by atoms with Crippen LogP contribution in [0.4, 0.5) is 15.8 Å². The fourth-order valence-electron chi connectivity index (χ4n) is 2.78. The number of carbonyl (C=O) groups is 2. The Kier molecular flexibility index (Phi) is 6.07. The van der Waals surface area contributed by atoms with Gasteiger partial charge in [-0.1, -0.05) is 0 Å². The van der Waals surface area contributed by atoms with E-state index in [0.717, 1.165) is 0 Å². The van der Waals surface area contributed by atoms with Crippen molar-refractivity contribution in [2.24, 2.45) is 0 Å². The molecule has 0 aliphatic carbocycles. The van der Waals surface area contributed by atoms with Gasteiger partial charge in [-0.05, 0) is 63.2 Å². The number of fused-ring (bicyclic) bond motifs is 1. The second-order valence-corrected chi connectivity index (χ2v) is 6.59. The molecular formula is C22H21FN2O4. The molecule has 7 heteroatoms. The van der Waals surface area contributed by atoms with E-state index in [1.165, 1.54) is 18.3 Å². The summed E-state index contributed by atoms with van der Waals surface area (Å²) < 4.78 is 23.7. The van der Waals surface area contributed by atoms with Crippen molar-refractivity contribution in [1.82, 2.24) is 4.98 Å². The SMILES string of the molecule is CCOC(=O)c1cnc2ccc(C(=O)OC(C)C)cc2c1Nc1ccc(F)cc1. The monoisotopic (exact) mass is 396 g/mol. The Balaban J connectivity index is 2.14. The minimum absolute atomic E-state index is 0.202. The molecule has 3 aromatic rings. The van der Waals surface area contributed by atoms with Gasteiger partial charge in [0, 0.05) is 17.3 Å². The Labute approximate surface area is 167 Å². The third-order valence-electron chi connectivity index (χ3n) is 4.06. The highest BCUT2D eigenvalue weighted by molar-refractivity contribution is 6.07. The van der Waals surface area contributed by atoms with Gasteiger partial charge in [0.1, 0.15) is 11.4 Å². The van der Waals surface area contributed by atoms with Gasteiger partial charge in [-0.25, -0.2) is 14.0 Å². The molecule has 0 amide bonds. The Hall–Kier alpha value is -3.48. The zero-order valence-electron chi connectivity index (χ0n) is 16.4. The summed E-state index contributed by atoms with van der Waals surface area (Å²) in [6, 6.07) is 10.6. The van der Waals surface area contributed by atoms with Crippen LogP contribution in [0.1, 0.15) is 41.5 Å². The number of benzene rings is 2. The van der Waals surface area contributed by atoms with Gasteiger partial charge in [0.15, 0.2) is 0 Å². The summed E-state index contributed by atoms with van der Waals surface area (Å²) in [5, 5.41) is 3.67. The molecule has 0 bridgehead atoms. The molecule has 0 fully saturated rings.